The predicted octanol–water partition coefficient (Wildman–Crippen LogP) is 4.28. The van der Waals surface area contributed by atoms with Gasteiger partial charge in [0.1, 0.15) is 37.9 Å². The molecule has 180 valence electrons. The number of hydrogen-bond donors (Lipinski definition) is 0. The van der Waals surface area contributed by atoms with Gasteiger partial charge in [0.05, 0.1) is 14.2 Å². The highest BCUT2D eigenvalue weighted by atomic mass is 16.6. The number of methoxy groups -OCH3 is 2. The van der Waals surface area contributed by atoms with Crippen LogP contribution in [0.25, 0.3) is 0 Å². The number of allylic oxidation sites excluding steroid dienone is 2. The lowest BCUT2D eigenvalue weighted by Gasteiger charge is -2.18. The van der Waals surface area contributed by atoms with Gasteiger partial charge >= 0.3 is 11.9 Å². The first-order valence-electron chi connectivity index (χ1n) is 10.7. The van der Waals surface area contributed by atoms with E-state index in [0.29, 0.717) is 0 Å². The van der Waals surface area contributed by atoms with E-state index in [2.05, 4.69) is 0 Å². The molecule has 34 heavy (non-hydrogen) atoms. The molecule has 0 radical (unpaired) electrons. The molecule has 0 atom stereocenters. The van der Waals surface area contributed by atoms with Gasteiger partial charge in [0.25, 0.3) is 0 Å². The molecule has 0 aromatic heterocycles. The molecule has 0 saturated carbocycles. The zero-order valence-electron chi connectivity index (χ0n) is 19.7. The Bertz CT molecular complexity index is 1010. The lowest BCUT2D eigenvalue weighted by molar-refractivity contribution is -0.141. The number of esters is 2. The van der Waals surface area contributed by atoms with Crippen LogP contribution < -0.4 is 0 Å². The Kier molecular flexibility index (Phi) is 8.56. The fraction of sp³-hybridized carbons (Fsp3) is 0.308. The Morgan fingerprint density at radius 3 is 1.18 bits per heavy atom. The summed E-state index contributed by atoms with van der Waals surface area (Å²) < 4.78 is 33.2. The molecule has 2 aromatic rings. The topological polar surface area (TPSA) is 89.5 Å². The number of rotatable bonds is 2. The second-order valence-corrected chi connectivity index (χ2v) is 7.45. The monoisotopic (exact) mass is 468 g/mol. The summed E-state index contributed by atoms with van der Waals surface area (Å²) in [4.78, 5) is 24.7. The molecule has 1 heterocycles. The molecular weight excluding hydrogens is 440 g/mol. The number of ether oxygens (including phenoxy) is 6. The van der Waals surface area contributed by atoms with Gasteiger partial charge in [0.15, 0.2) is 0 Å². The molecule has 2 aromatic carbocycles. The largest absolute Gasteiger partial charge is 0.489 e. The van der Waals surface area contributed by atoms with Gasteiger partial charge in [-0.05, 0) is 36.1 Å². The van der Waals surface area contributed by atoms with E-state index in [1.54, 1.807) is 13.8 Å². The second-order valence-electron chi connectivity index (χ2n) is 7.45. The summed E-state index contributed by atoms with van der Waals surface area (Å²) in [5.74, 6) is -0.717. The fourth-order valence-electron chi connectivity index (χ4n) is 3.28. The van der Waals surface area contributed by atoms with Crippen LogP contribution in [-0.2, 0) is 64.4 Å². The van der Waals surface area contributed by atoms with Crippen molar-refractivity contribution in [2.45, 2.75) is 40.3 Å². The number of carbonyl (C=O) groups is 2. The maximum absolute atomic E-state index is 12.4. The van der Waals surface area contributed by atoms with E-state index in [4.69, 9.17) is 28.4 Å². The van der Waals surface area contributed by atoms with Gasteiger partial charge in [-0.2, -0.15) is 0 Å². The van der Waals surface area contributed by atoms with Gasteiger partial charge < -0.3 is 28.4 Å². The van der Waals surface area contributed by atoms with Crippen molar-refractivity contribution in [1.82, 2.24) is 0 Å². The van der Waals surface area contributed by atoms with Crippen molar-refractivity contribution in [3.63, 3.8) is 0 Å². The van der Waals surface area contributed by atoms with Crippen LogP contribution >= 0.6 is 0 Å². The van der Waals surface area contributed by atoms with Crippen LogP contribution in [0.3, 0.4) is 0 Å². The minimum atomic E-state index is -0.634. The highest BCUT2D eigenvalue weighted by Crippen LogP contribution is 2.22. The normalized spacial score (nSPS) is 19.2. The summed E-state index contributed by atoms with van der Waals surface area (Å²) in [6.45, 7) is 3.77. The number of carbonyl (C=O) groups excluding carboxylic acids is 2. The Morgan fingerprint density at radius 2 is 0.882 bits per heavy atom. The van der Waals surface area contributed by atoms with Gasteiger partial charge in [0.2, 0.25) is 11.5 Å². The minimum absolute atomic E-state index is 0.0110. The van der Waals surface area contributed by atoms with Crippen molar-refractivity contribution in [3.05, 3.63) is 93.8 Å². The summed E-state index contributed by atoms with van der Waals surface area (Å²) in [5.41, 5.74) is 3.21. The van der Waals surface area contributed by atoms with E-state index in [1.165, 1.54) is 14.2 Å². The van der Waals surface area contributed by atoms with Crippen molar-refractivity contribution < 1.29 is 38.0 Å². The number of hydrogen-bond acceptors (Lipinski definition) is 8. The molecule has 0 unspecified atom stereocenters. The molecule has 1 aliphatic rings. The van der Waals surface area contributed by atoms with Gasteiger partial charge in [-0.25, -0.2) is 9.59 Å². The second kappa shape index (κ2) is 11.8. The average Bonchev–Trinajstić information content (AvgIpc) is 2.86. The van der Waals surface area contributed by atoms with Crippen molar-refractivity contribution in [1.29, 1.82) is 0 Å². The summed E-state index contributed by atoms with van der Waals surface area (Å²) >= 11 is 0. The molecule has 0 saturated heterocycles. The SMILES string of the molecule is COC(=O)/C1=C(\C)OCc2ccccc2CO/C(C(=O)OC)=C(/C)OCc2ccccc2CO1. The minimum Gasteiger partial charge on any atom is -0.489 e. The van der Waals surface area contributed by atoms with E-state index in [9.17, 15) is 9.59 Å². The number of benzene rings is 2. The van der Waals surface area contributed by atoms with E-state index < -0.39 is 11.9 Å². The molecular formula is C26H28O8. The van der Waals surface area contributed by atoms with Crippen LogP contribution in [0.1, 0.15) is 36.1 Å². The van der Waals surface area contributed by atoms with E-state index >= 15 is 0 Å². The maximum atomic E-state index is 12.4. The van der Waals surface area contributed by atoms with Crippen LogP contribution in [0.2, 0.25) is 0 Å². The van der Waals surface area contributed by atoms with Crippen molar-refractivity contribution in [2.75, 3.05) is 14.2 Å². The first kappa shape index (κ1) is 24.7. The molecule has 0 N–H and O–H groups in total. The van der Waals surface area contributed by atoms with Crippen molar-refractivity contribution >= 4 is 11.9 Å². The quantitative estimate of drug-likeness (QED) is 0.604. The molecule has 1 aliphatic heterocycles. The fourth-order valence-corrected chi connectivity index (χ4v) is 3.28. The third-order valence-electron chi connectivity index (χ3n) is 5.25. The van der Waals surface area contributed by atoms with Crippen LogP contribution in [0, 0.1) is 0 Å². The smallest absolute Gasteiger partial charge is 0.376 e. The third kappa shape index (κ3) is 6.10. The molecule has 0 bridgehead atoms. The molecule has 0 aliphatic carbocycles. The Balaban J connectivity index is 2.02. The summed E-state index contributed by atoms with van der Waals surface area (Å²) in [6, 6.07) is 14.9. The highest BCUT2D eigenvalue weighted by molar-refractivity contribution is 5.87. The van der Waals surface area contributed by atoms with E-state index in [1.807, 2.05) is 48.5 Å². The molecule has 3 rings (SSSR count). The third-order valence-corrected chi connectivity index (χ3v) is 5.25. The Labute approximate surface area is 198 Å². The summed E-state index contributed by atoms with van der Waals surface area (Å²) in [6.07, 6.45) is 0. The summed E-state index contributed by atoms with van der Waals surface area (Å²) in [5, 5.41) is 0. The van der Waals surface area contributed by atoms with Crippen molar-refractivity contribution in [3.8, 4) is 0 Å². The van der Waals surface area contributed by atoms with E-state index in [-0.39, 0.29) is 49.5 Å². The van der Waals surface area contributed by atoms with Crippen LogP contribution in [0.5, 0.6) is 0 Å². The first-order valence-corrected chi connectivity index (χ1v) is 10.7. The van der Waals surface area contributed by atoms with Crippen molar-refractivity contribution in [2.24, 2.45) is 0 Å². The van der Waals surface area contributed by atoms with Crippen LogP contribution in [0.4, 0.5) is 0 Å². The predicted molar refractivity (Wildman–Crippen MR) is 121 cm³/mol. The van der Waals surface area contributed by atoms with Gasteiger partial charge in [-0.3, -0.25) is 0 Å². The molecule has 0 fully saturated rings. The zero-order chi connectivity index (χ0) is 24.5. The highest BCUT2D eigenvalue weighted by Gasteiger charge is 2.21. The first-order chi connectivity index (χ1) is 16.4. The number of fused-ring (bicyclic) bond motifs is 2. The lowest BCUT2D eigenvalue weighted by Crippen LogP contribution is -2.14. The molecule has 8 nitrogen and oxygen atoms in total. The average molecular weight is 469 g/mol. The van der Waals surface area contributed by atoms with E-state index in [0.717, 1.165) is 22.3 Å². The molecule has 8 heteroatoms. The van der Waals surface area contributed by atoms with Crippen LogP contribution in [0.15, 0.2) is 71.6 Å². The van der Waals surface area contributed by atoms with Crippen LogP contribution in [-0.4, -0.2) is 26.2 Å². The zero-order valence-corrected chi connectivity index (χ0v) is 19.7. The van der Waals surface area contributed by atoms with Gasteiger partial charge in [-0.15, -0.1) is 0 Å². The molecule has 0 spiro atoms. The van der Waals surface area contributed by atoms with Gasteiger partial charge in [0, 0.05) is 0 Å². The Hall–Kier alpha value is -3.94. The molecule has 0 amide bonds. The maximum Gasteiger partial charge on any atom is 0.376 e. The van der Waals surface area contributed by atoms with Gasteiger partial charge in [-0.1, -0.05) is 48.5 Å². The summed E-state index contributed by atoms with van der Waals surface area (Å²) in [7, 11) is 2.57. The Morgan fingerprint density at radius 1 is 0.588 bits per heavy atom. The standard InChI is InChI=1S/C26H28O8/c1-17-23(25(27)29-3)33-15-21-11-8-6-10-20(21)14-32-18(2)24(26(28)30-4)34-16-22-12-7-5-9-19(22)13-31-17/h5-12H,13-16H2,1-4H3/b23-17-,24-18-. The lowest BCUT2D eigenvalue weighted by atomic mass is 10.1.